The SMILES string of the molecule is C[C@@H]1NC[C@H]2CNC[C@H]1C2. The molecule has 0 amide bonds. The first-order valence-electron chi connectivity index (χ1n) is 4.30. The summed E-state index contributed by atoms with van der Waals surface area (Å²) in [5.74, 6) is 1.81. The lowest BCUT2D eigenvalue weighted by Crippen LogP contribution is -2.53. The lowest BCUT2D eigenvalue weighted by Gasteiger charge is -2.39. The molecule has 2 heteroatoms. The minimum Gasteiger partial charge on any atom is -0.316 e. The van der Waals surface area contributed by atoms with Gasteiger partial charge in [0.25, 0.3) is 0 Å². The first kappa shape index (κ1) is 6.62. The molecule has 0 aliphatic carbocycles. The topological polar surface area (TPSA) is 24.1 Å². The van der Waals surface area contributed by atoms with Crippen LogP contribution in [0.4, 0.5) is 0 Å². The molecule has 0 aromatic carbocycles. The number of rotatable bonds is 0. The highest BCUT2D eigenvalue weighted by Crippen LogP contribution is 2.23. The maximum atomic E-state index is 3.54. The van der Waals surface area contributed by atoms with Crippen LogP contribution in [0, 0.1) is 11.8 Å². The predicted molar refractivity (Wildman–Crippen MR) is 41.9 cm³/mol. The van der Waals surface area contributed by atoms with Gasteiger partial charge in [0.05, 0.1) is 0 Å². The van der Waals surface area contributed by atoms with Gasteiger partial charge in [-0.05, 0) is 44.8 Å². The van der Waals surface area contributed by atoms with Crippen LogP contribution in [-0.4, -0.2) is 25.7 Å². The van der Waals surface area contributed by atoms with Crippen LogP contribution >= 0.6 is 0 Å². The Labute approximate surface area is 62.4 Å². The van der Waals surface area contributed by atoms with Gasteiger partial charge in [-0.2, -0.15) is 0 Å². The molecule has 0 radical (unpaired) electrons. The van der Waals surface area contributed by atoms with Crippen molar-refractivity contribution in [3.63, 3.8) is 0 Å². The van der Waals surface area contributed by atoms with E-state index in [1.807, 2.05) is 0 Å². The monoisotopic (exact) mass is 140 g/mol. The smallest absolute Gasteiger partial charge is 0.00793 e. The fourth-order valence-electron chi connectivity index (χ4n) is 2.12. The van der Waals surface area contributed by atoms with Crippen LogP contribution in [0.5, 0.6) is 0 Å². The van der Waals surface area contributed by atoms with E-state index < -0.39 is 0 Å². The number of nitrogens with one attached hydrogen (secondary N) is 2. The minimum absolute atomic E-state index is 0.740. The maximum Gasteiger partial charge on any atom is 0.00793 e. The van der Waals surface area contributed by atoms with E-state index in [4.69, 9.17) is 0 Å². The molecular formula is C8H16N2. The van der Waals surface area contributed by atoms with Gasteiger partial charge in [0.15, 0.2) is 0 Å². The Balaban J connectivity index is 2.00. The van der Waals surface area contributed by atoms with Crippen LogP contribution in [-0.2, 0) is 0 Å². The molecule has 58 valence electrons. The third-order valence-corrected chi connectivity index (χ3v) is 2.91. The Morgan fingerprint density at radius 3 is 2.90 bits per heavy atom. The molecule has 0 spiro atoms. The van der Waals surface area contributed by atoms with Gasteiger partial charge in [-0.1, -0.05) is 0 Å². The summed E-state index contributed by atoms with van der Waals surface area (Å²) in [6.45, 7) is 5.99. The number of hydrogen-bond acceptors (Lipinski definition) is 2. The molecule has 2 heterocycles. The molecule has 0 saturated carbocycles. The summed E-state index contributed by atoms with van der Waals surface area (Å²) in [6.07, 6.45) is 1.45. The predicted octanol–water partition coefficient (Wildman–Crippen LogP) is 0.204. The largest absolute Gasteiger partial charge is 0.316 e. The molecule has 2 fully saturated rings. The third kappa shape index (κ3) is 1.06. The van der Waals surface area contributed by atoms with Gasteiger partial charge >= 0.3 is 0 Å². The van der Waals surface area contributed by atoms with E-state index in [1.165, 1.54) is 26.1 Å². The second-order valence-electron chi connectivity index (χ2n) is 3.72. The zero-order chi connectivity index (χ0) is 6.97. The molecule has 10 heavy (non-hydrogen) atoms. The van der Waals surface area contributed by atoms with E-state index in [2.05, 4.69) is 17.6 Å². The molecular weight excluding hydrogens is 124 g/mol. The molecule has 2 rings (SSSR count). The van der Waals surface area contributed by atoms with Crippen molar-refractivity contribution in [3.8, 4) is 0 Å². The first-order valence-corrected chi connectivity index (χ1v) is 4.30. The summed E-state index contributed by atoms with van der Waals surface area (Å²) >= 11 is 0. The van der Waals surface area contributed by atoms with Crippen molar-refractivity contribution in [2.75, 3.05) is 19.6 Å². The molecule has 2 nitrogen and oxygen atoms in total. The van der Waals surface area contributed by atoms with Crippen LogP contribution in [0.25, 0.3) is 0 Å². The summed E-state index contributed by atoms with van der Waals surface area (Å²) in [5.41, 5.74) is 0. The molecule has 2 N–H and O–H groups in total. The lowest BCUT2D eigenvalue weighted by molar-refractivity contribution is 0.179. The highest BCUT2D eigenvalue weighted by atomic mass is 15.0. The van der Waals surface area contributed by atoms with E-state index in [0.717, 1.165) is 17.9 Å². The van der Waals surface area contributed by atoms with Crippen LogP contribution in [0.2, 0.25) is 0 Å². The van der Waals surface area contributed by atoms with Crippen molar-refractivity contribution >= 4 is 0 Å². The van der Waals surface area contributed by atoms with Crippen LogP contribution in [0.3, 0.4) is 0 Å². The van der Waals surface area contributed by atoms with Gasteiger partial charge in [0.1, 0.15) is 0 Å². The van der Waals surface area contributed by atoms with Crippen molar-refractivity contribution in [2.24, 2.45) is 11.8 Å². The first-order chi connectivity index (χ1) is 4.86. The molecule has 0 unspecified atom stereocenters. The second kappa shape index (κ2) is 2.51. The van der Waals surface area contributed by atoms with E-state index >= 15 is 0 Å². The summed E-state index contributed by atoms with van der Waals surface area (Å²) in [4.78, 5) is 0. The standard InChI is InChI=1S/C8H16N2/c1-6-8-2-7(4-10-6)3-9-5-8/h6-10H,2-5H2,1H3/t6-,7+,8+/m0/s1. The van der Waals surface area contributed by atoms with Gasteiger partial charge in [0.2, 0.25) is 0 Å². The molecule has 2 saturated heterocycles. The Morgan fingerprint density at radius 2 is 2.10 bits per heavy atom. The average Bonchev–Trinajstić information content (AvgIpc) is 1.99. The number of piperidine rings is 2. The zero-order valence-corrected chi connectivity index (χ0v) is 6.56. The fourth-order valence-corrected chi connectivity index (χ4v) is 2.12. The second-order valence-corrected chi connectivity index (χ2v) is 3.72. The van der Waals surface area contributed by atoms with Gasteiger partial charge in [-0.15, -0.1) is 0 Å². The van der Waals surface area contributed by atoms with Crippen molar-refractivity contribution in [3.05, 3.63) is 0 Å². The lowest BCUT2D eigenvalue weighted by atomic mass is 9.82. The average molecular weight is 140 g/mol. The summed E-state index contributed by atoms with van der Waals surface area (Å²) in [5, 5.41) is 7.02. The Hall–Kier alpha value is -0.0800. The maximum absolute atomic E-state index is 3.54. The summed E-state index contributed by atoms with van der Waals surface area (Å²) < 4.78 is 0. The highest BCUT2D eigenvalue weighted by molar-refractivity contribution is 4.88. The third-order valence-electron chi connectivity index (χ3n) is 2.91. The highest BCUT2D eigenvalue weighted by Gasteiger charge is 2.29. The molecule has 2 aliphatic rings. The van der Waals surface area contributed by atoms with E-state index in [1.54, 1.807) is 0 Å². The van der Waals surface area contributed by atoms with Crippen molar-refractivity contribution in [1.29, 1.82) is 0 Å². The Bertz CT molecular complexity index is 122. The normalized spacial score (nSPS) is 47.1. The fraction of sp³-hybridized carbons (Fsp3) is 1.00. The molecule has 0 aromatic heterocycles. The minimum atomic E-state index is 0.740. The zero-order valence-electron chi connectivity index (χ0n) is 6.56. The van der Waals surface area contributed by atoms with E-state index in [-0.39, 0.29) is 0 Å². The molecule has 2 aliphatic heterocycles. The number of hydrogen-bond donors (Lipinski definition) is 2. The molecule has 0 aromatic rings. The van der Waals surface area contributed by atoms with E-state index in [0.29, 0.717) is 0 Å². The molecule has 3 atom stereocenters. The van der Waals surface area contributed by atoms with Gasteiger partial charge in [-0.25, -0.2) is 0 Å². The summed E-state index contributed by atoms with van der Waals surface area (Å²) in [7, 11) is 0. The Morgan fingerprint density at radius 1 is 1.20 bits per heavy atom. The van der Waals surface area contributed by atoms with Gasteiger partial charge in [0, 0.05) is 6.04 Å². The van der Waals surface area contributed by atoms with Gasteiger partial charge in [-0.3, -0.25) is 0 Å². The van der Waals surface area contributed by atoms with Crippen LogP contribution < -0.4 is 10.6 Å². The van der Waals surface area contributed by atoms with E-state index in [9.17, 15) is 0 Å². The van der Waals surface area contributed by atoms with Gasteiger partial charge < -0.3 is 10.6 Å². The van der Waals surface area contributed by atoms with Crippen molar-refractivity contribution < 1.29 is 0 Å². The Kier molecular flexibility index (Phi) is 1.66. The van der Waals surface area contributed by atoms with Crippen LogP contribution in [0.15, 0.2) is 0 Å². The van der Waals surface area contributed by atoms with Crippen molar-refractivity contribution in [2.45, 2.75) is 19.4 Å². The quantitative estimate of drug-likeness (QED) is 0.502. The van der Waals surface area contributed by atoms with Crippen molar-refractivity contribution in [1.82, 2.24) is 10.6 Å². The molecule has 2 bridgehead atoms. The number of fused-ring (bicyclic) bond motifs is 2. The summed E-state index contributed by atoms with van der Waals surface area (Å²) in [6, 6.07) is 0.740. The van der Waals surface area contributed by atoms with Crippen LogP contribution in [0.1, 0.15) is 13.3 Å².